The second kappa shape index (κ2) is 2.95. The smallest absolute Gasteiger partial charge is 0.0495 e. The fraction of sp³-hybridized carbons (Fsp3) is 0.375. The van der Waals surface area contributed by atoms with Crippen LogP contribution < -0.4 is 0 Å². The standard InChI is InChI=1S/C8H10S/c1-7(2)9-8-5-3-4-6-8/h3-5,7H,1-2H3. The summed E-state index contributed by atoms with van der Waals surface area (Å²) in [4.78, 5) is 1.25. The van der Waals surface area contributed by atoms with Gasteiger partial charge in [0.25, 0.3) is 0 Å². The SMILES string of the molecule is CC(C)SC1=C=CC=C1. The Morgan fingerprint density at radius 3 is 2.78 bits per heavy atom. The quantitative estimate of drug-likeness (QED) is 0.529. The molecule has 0 aliphatic heterocycles. The Labute approximate surface area is 60.3 Å². The van der Waals surface area contributed by atoms with E-state index in [2.05, 4.69) is 25.7 Å². The second-order valence-corrected chi connectivity index (χ2v) is 3.82. The minimum absolute atomic E-state index is 0.670. The number of hydrogen-bond donors (Lipinski definition) is 0. The fourth-order valence-corrected chi connectivity index (χ4v) is 1.44. The summed E-state index contributed by atoms with van der Waals surface area (Å²) in [6.07, 6.45) is 6.06. The molecule has 0 N–H and O–H groups in total. The molecule has 0 radical (unpaired) electrons. The average molecular weight is 138 g/mol. The van der Waals surface area contributed by atoms with E-state index in [1.165, 1.54) is 4.91 Å². The van der Waals surface area contributed by atoms with Gasteiger partial charge in [-0.1, -0.05) is 19.9 Å². The molecule has 0 fully saturated rings. The van der Waals surface area contributed by atoms with Crippen LogP contribution in [0.3, 0.4) is 0 Å². The molecule has 48 valence electrons. The molecule has 0 aromatic rings. The number of thioether (sulfide) groups is 1. The van der Waals surface area contributed by atoms with Crippen LogP contribution in [0.1, 0.15) is 13.8 Å². The van der Waals surface area contributed by atoms with Crippen LogP contribution in [-0.2, 0) is 0 Å². The third kappa shape index (κ3) is 2.13. The molecule has 0 spiro atoms. The first-order valence-corrected chi connectivity index (χ1v) is 3.97. The highest BCUT2D eigenvalue weighted by atomic mass is 32.2. The van der Waals surface area contributed by atoms with E-state index in [4.69, 9.17) is 0 Å². The summed E-state index contributed by atoms with van der Waals surface area (Å²) in [5, 5.41) is 0.670. The topological polar surface area (TPSA) is 0 Å². The molecule has 1 aliphatic carbocycles. The van der Waals surface area contributed by atoms with Crippen LogP contribution in [0, 0.1) is 0 Å². The van der Waals surface area contributed by atoms with E-state index in [9.17, 15) is 0 Å². The van der Waals surface area contributed by atoms with Gasteiger partial charge in [0.15, 0.2) is 0 Å². The Bertz CT molecular complexity index is 181. The van der Waals surface area contributed by atoms with Gasteiger partial charge < -0.3 is 0 Å². The Morgan fingerprint density at radius 1 is 1.56 bits per heavy atom. The Balaban J connectivity index is 2.46. The Hall–Kier alpha value is -0.390. The van der Waals surface area contributed by atoms with Crippen LogP contribution in [0.15, 0.2) is 28.9 Å². The fourth-order valence-electron chi connectivity index (χ4n) is 0.641. The third-order valence-electron chi connectivity index (χ3n) is 0.932. The Morgan fingerprint density at radius 2 is 2.33 bits per heavy atom. The third-order valence-corrected chi connectivity index (χ3v) is 1.91. The van der Waals surface area contributed by atoms with Gasteiger partial charge in [0.05, 0.1) is 0 Å². The van der Waals surface area contributed by atoms with Crippen LogP contribution in [0.25, 0.3) is 0 Å². The molecule has 1 aliphatic rings. The molecule has 0 saturated carbocycles. The maximum Gasteiger partial charge on any atom is 0.0495 e. The Kier molecular flexibility index (Phi) is 2.21. The lowest BCUT2D eigenvalue weighted by Crippen LogP contribution is -1.83. The molecule has 1 heteroatoms. The van der Waals surface area contributed by atoms with Gasteiger partial charge in [-0.2, -0.15) is 0 Å². The van der Waals surface area contributed by atoms with Crippen molar-refractivity contribution in [3.05, 3.63) is 28.9 Å². The van der Waals surface area contributed by atoms with Crippen molar-refractivity contribution in [2.24, 2.45) is 0 Å². The first-order valence-electron chi connectivity index (χ1n) is 3.09. The zero-order valence-corrected chi connectivity index (χ0v) is 6.53. The summed E-state index contributed by atoms with van der Waals surface area (Å²) in [6, 6.07) is 0. The van der Waals surface area contributed by atoms with Crippen molar-refractivity contribution < 1.29 is 0 Å². The molecule has 0 atom stereocenters. The lowest BCUT2D eigenvalue weighted by molar-refractivity contribution is 1.12. The maximum absolute atomic E-state index is 3.13. The van der Waals surface area contributed by atoms with E-state index >= 15 is 0 Å². The van der Waals surface area contributed by atoms with Crippen LogP contribution in [0.2, 0.25) is 0 Å². The highest BCUT2D eigenvalue weighted by molar-refractivity contribution is 8.03. The van der Waals surface area contributed by atoms with E-state index in [1.807, 2.05) is 23.9 Å². The van der Waals surface area contributed by atoms with Crippen molar-refractivity contribution in [2.45, 2.75) is 19.1 Å². The summed E-state index contributed by atoms with van der Waals surface area (Å²) in [5.74, 6) is 0. The summed E-state index contributed by atoms with van der Waals surface area (Å²) < 4.78 is 0. The predicted molar refractivity (Wildman–Crippen MR) is 43.5 cm³/mol. The lowest BCUT2D eigenvalue weighted by atomic mass is 10.6. The molecule has 0 amide bonds. The minimum atomic E-state index is 0.670. The van der Waals surface area contributed by atoms with E-state index in [1.54, 1.807) is 0 Å². The molecular formula is C8H10S. The van der Waals surface area contributed by atoms with Crippen molar-refractivity contribution in [1.29, 1.82) is 0 Å². The molecule has 9 heavy (non-hydrogen) atoms. The van der Waals surface area contributed by atoms with Gasteiger partial charge in [-0.05, 0) is 12.2 Å². The molecule has 0 unspecified atom stereocenters. The summed E-state index contributed by atoms with van der Waals surface area (Å²) >= 11 is 1.85. The van der Waals surface area contributed by atoms with Crippen molar-refractivity contribution in [3.8, 4) is 0 Å². The zero-order valence-electron chi connectivity index (χ0n) is 5.72. The molecule has 0 nitrogen and oxygen atoms in total. The molecule has 1 rings (SSSR count). The normalized spacial score (nSPS) is 15.2. The summed E-state index contributed by atoms with van der Waals surface area (Å²) in [6.45, 7) is 4.37. The van der Waals surface area contributed by atoms with Gasteiger partial charge in [-0.25, -0.2) is 0 Å². The maximum atomic E-state index is 3.13. The van der Waals surface area contributed by atoms with Gasteiger partial charge in [0, 0.05) is 10.2 Å². The van der Waals surface area contributed by atoms with Crippen molar-refractivity contribution in [3.63, 3.8) is 0 Å². The summed E-state index contributed by atoms with van der Waals surface area (Å²) in [5.41, 5.74) is 3.13. The first-order chi connectivity index (χ1) is 4.29. The largest absolute Gasteiger partial charge is 0.115 e. The highest BCUT2D eigenvalue weighted by Crippen LogP contribution is 2.22. The minimum Gasteiger partial charge on any atom is -0.115 e. The van der Waals surface area contributed by atoms with Crippen LogP contribution in [-0.4, -0.2) is 5.25 Å². The molecule has 0 bridgehead atoms. The summed E-state index contributed by atoms with van der Waals surface area (Å²) in [7, 11) is 0. The van der Waals surface area contributed by atoms with Crippen LogP contribution >= 0.6 is 11.8 Å². The van der Waals surface area contributed by atoms with Crippen LogP contribution in [0.4, 0.5) is 0 Å². The average Bonchev–Trinajstić information content (AvgIpc) is 2.15. The van der Waals surface area contributed by atoms with Gasteiger partial charge in [-0.3, -0.25) is 0 Å². The van der Waals surface area contributed by atoms with Crippen molar-refractivity contribution in [2.75, 3.05) is 0 Å². The van der Waals surface area contributed by atoms with Gasteiger partial charge in [0.2, 0.25) is 0 Å². The van der Waals surface area contributed by atoms with E-state index in [0.29, 0.717) is 5.25 Å². The highest BCUT2D eigenvalue weighted by Gasteiger charge is 1.97. The van der Waals surface area contributed by atoms with Gasteiger partial charge in [0.1, 0.15) is 0 Å². The monoisotopic (exact) mass is 138 g/mol. The zero-order chi connectivity index (χ0) is 6.69. The van der Waals surface area contributed by atoms with Gasteiger partial charge >= 0.3 is 0 Å². The lowest BCUT2D eigenvalue weighted by Gasteiger charge is -1.99. The van der Waals surface area contributed by atoms with Crippen LogP contribution in [0.5, 0.6) is 0 Å². The van der Waals surface area contributed by atoms with E-state index in [0.717, 1.165) is 0 Å². The molecular weight excluding hydrogens is 128 g/mol. The number of allylic oxidation sites excluding steroid dienone is 2. The molecule has 0 aromatic carbocycles. The first kappa shape index (κ1) is 6.73. The van der Waals surface area contributed by atoms with Crippen molar-refractivity contribution in [1.82, 2.24) is 0 Å². The molecule has 0 saturated heterocycles. The second-order valence-electron chi connectivity index (χ2n) is 2.20. The molecule has 0 aromatic heterocycles. The predicted octanol–water partition coefficient (Wildman–Crippen LogP) is 2.74. The number of rotatable bonds is 2. The van der Waals surface area contributed by atoms with E-state index in [-0.39, 0.29) is 0 Å². The van der Waals surface area contributed by atoms with Gasteiger partial charge in [-0.15, -0.1) is 17.5 Å². The van der Waals surface area contributed by atoms with Crippen molar-refractivity contribution >= 4 is 11.8 Å². The number of hydrogen-bond acceptors (Lipinski definition) is 1. The van der Waals surface area contributed by atoms with E-state index < -0.39 is 0 Å². The molecule has 0 heterocycles.